The van der Waals surface area contributed by atoms with Crippen LogP contribution in [0.5, 0.6) is 11.5 Å². The maximum absolute atomic E-state index is 10.4. The number of halogens is 1. The van der Waals surface area contributed by atoms with Gasteiger partial charge in [0.1, 0.15) is 0 Å². The summed E-state index contributed by atoms with van der Waals surface area (Å²) in [6.07, 6.45) is 3.31. The zero-order valence-corrected chi connectivity index (χ0v) is 16.1. The smallest absolute Gasteiger partial charge is 0.176 e. The summed E-state index contributed by atoms with van der Waals surface area (Å²) < 4.78 is 10.9. The van der Waals surface area contributed by atoms with Crippen LogP contribution >= 0.6 is 11.6 Å². The van der Waals surface area contributed by atoms with Crippen molar-refractivity contribution >= 4 is 11.6 Å². The molecule has 0 aliphatic carbocycles. The summed E-state index contributed by atoms with van der Waals surface area (Å²) in [7, 11) is 3.27. The fraction of sp³-hybridized carbons (Fsp3) is 0.333. The van der Waals surface area contributed by atoms with Gasteiger partial charge < -0.3 is 19.9 Å². The highest BCUT2D eigenvalue weighted by Crippen LogP contribution is 2.34. The minimum absolute atomic E-state index is 0.253. The van der Waals surface area contributed by atoms with Crippen LogP contribution in [0.2, 0.25) is 0 Å². The van der Waals surface area contributed by atoms with E-state index in [9.17, 15) is 5.11 Å². The van der Waals surface area contributed by atoms with E-state index in [0.29, 0.717) is 24.3 Å². The Hall–Kier alpha value is -2.01. The van der Waals surface area contributed by atoms with Gasteiger partial charge in [-0.05, 0) is 31.0 Å². The molecule has 0 aliphatic rings. The topological polar surface area (TPSA) is 50.7 Å². The van der Waals surface area contributed by atoms with Crippen molar-refractivity contribution in [3.05, 3.63) is 71.8 Å². The molecule has 2 rings (SSSR count). The molecule has 0 bridgehead atoms. The van der Waals surface area contributed by atoms with Crippen molar-refractivity contribution in [1.29, 1.82) is 0 Å². The molecule has 0 spiro atoms. The molecule has 5 heteroatoms. The second-order valence-electron chi connectivity index (χ2n) is 5.98. The normalized spacial score (nSPS) is 13.1. The van der Waals surface area contributed by atoms with Crippen molar-refractivity contribution in [2.75, 3.05) is 27.3 Å². The minimum Gasteiger partial charge on any atom is -0.493 e. The molecule has 0 saturated carbocycles. The summed E-state index contributed by atoms with van der Waals surface area (Å²) in [4.78, 5) is 0. The van der Waals surface area contributed by atoms with Gasteiger partial charge >= 0.3 is 0 Å². The number of allylic oxidation sites excluding steroid dienone is 1. The molecule has 0 amide bonds. The van der Waals surface area contributed by atoms with Crippen LogP contribution in [0.3, 0.4) is 0 Å². The lowest BCUT2D eigenvalue weighted by Gasteiger charge is -2.22. The first kappa shape index (κ1) is 20.3. The lowest BCUT2D eigenvalue weighted by Crippen LogP contribution is -2.34. The van der Waals surface area contributed by atoms with Crippen molar-refractivity contribution in [3.63, 3.8) is 0 Å². The number of aliphatic hydroxyl groups is 1. The van der Waals surface area contributed by atoms with E-state index < -0.39 is 5.06 Å². The van der Waals surface area contributed by atoms with E-state index in [-0.39, 0.29) is 6.54 Å². The van der Waals surface area contributed by atoms with Gasteiger partial charge in [-0.25, -0.2) is 0 Å². The van der Waals surface area contributed by atoms with Crippen molar-refractivity contribution < 1.29 is 14.6 Å². The first-order valence-corrected chi connectivity index (χ1v) is 8.92. The highest BCUT2D eigenvalue weighted by molar-refractivity contribution is 6.23. The second-order valence-corrected chi connectivity index (χ2v) is 6.61. The number of nitrogens with one attached hydrogen (secondary N) is 1. The Labute approximate surface area is 160 Å². The summed E-state index contributed by atoms with van der Waals surface area (Å²) in [5.74, 6) is 1.45. The largest absolute Gasteiger partial charge is 0.493 e. The number of benzene rings is 2. The molecule has 0 aliphatic heterocycles. The highest BCUT2D eigenvalue weighted by atomic mass is 35.5. The van der Waals surface area contributed by atoms with Crippen molar-refractivity contribution in [2.45, 2.75) is 17.9 Å². The lowest BCUT2D eigenvalue weighted by molar-refractivity contribution is 0.127. The van der Waals surface area contributed by atoms with E-state index in [1.807, 2.05) is 48.5 Å². The summed E-state index contributed by atoms with van der Waals surface area (Å²) in [5.41, 5.74) is 2.88. The van der Waals surface area contributed by atoms with E-state index in [1.165, 1.54) is 0 Å². The third-order valence-electron chi connectivity index (χ3n) is 4.24. The van der Waals surface area contributed by atoms with Crippen molar-refractivity contribution in [2.24, 2.45) is 0 Å². The Morgan fingerprint density at radius 1 is 1.15 bits per heavy atom. The SMILES string of the molecule is C=CCc1c(CCNCC(O)(Cl)c2ccccc2)ccc(OC)c1OC. The molecule has 2 N–H and O–H groups in total. The third kappa shape index (κ3) is 5.01. The van der Waals surface area contributed by atoms with Gasteiger partial charge in [-0.1, -0.05) is 54.1 Å². The molecule has 2 aromatic rings. The number of ether oxygens (including phenoxy) is 2. The van der Waals surface area contributed by atoms with Gasteiger partial charge in [0.25, 0.3) is 0 Å². The Kier molecular flexibility index (Phi) is 7.51. The molecule has 2 aromatic carbocycles. The zero-order chi connectivity index (χ0) is 19.0. The molecule has 26 heavy (non-hydrogen) atoms. The van der Waals surface area contributed by atoms with Gasteiger partial charge in [0.2, 0.25) is 0 Å². The molecule has 140 valence electrons. The molecular formula is C21H26ClNO3. The first-order chi connectivity index (χ1) is 12.5. The maximum Gasteiger partial charge on any atom is 0.176 e. The Balaban J connectivity index is 2.02. The molecule has 1 unspecified atom stereocenters. The third-order valence-corrected chi connectivity index (χ3v) is 4.59. The predicted octanol–water partition coefficient (Wildman–Crippen LogP) is 3.65. The average molecular weight is 376 g/mol. The first-order valence-electron chi connectivity index (χ1n) is 8.54. The summed E-state index contributed by atoms with van der Waals surface area (Å²) >= 11 is 6.25. The van der Waals surface area contributed by atoms with Crippen LogP contribution in [-0.4, -0.2) is 32.4 Å². The van der Waals surface area contributed by atoms with E-state index in [4.69, 9.17) is 21.1 Å². The van der Waals surface area contributed by atoms with Crippen LogP contribution in [-0.2, 0) is 17.9 Å². The van der Waals surface area contributed by atoms with Gasteiger partial charge in [0.15, 0.2) is 16.6 Å². The zero-order valence-electron chi connectivity index (χ0n) is 15.3. The van der Waals surface area contributed by atoms with Crippen molar-refractivity contribution in [3.8, 4) is 11.5 Å². The van der Waals surface area contributed by atoms with Crippen molar-refractivity contribution in [1.82, 2.24) is 5.32 Å². The van der Waals surface area contributed by atoms with Gasteiger partial charge in [0, 0.05) is 17.7 Å². The molecule has 4 nitrogen and oxygen atoms in total. The van der Waals surface area contributed by atoms with Crippen LogP contribution in [0.25, 0.3) is 0 Å². The average Bonchev–Trinajstić information content (AvgIpc) is 2.66. The maximum atomic E-state index is 10.4. The summed E-state index contributed by atoms with van der Waals surface area (Å²) in [6.45, 7) is 4.75. The van der Waals surface area contributed by atoms with Gasteiger partial charge in [-0.2, -0.15) is 0 Å². The standard InChI is InChI=1S/C21H26ClNO3/c1-4-8-18-16(11-12-19(25-2)20(18)26-3)13-14-23-15-21(22,24)17-9-6-5-7-10-17/h4-7,9-12,23-24H,1,8,13-15H2,2-3H3. The number of hydrogen-bond acceptors (Lipinski definition) is 4. The molecule has 0 radical (unpaired) electrons. The quantitative estimate of drug-likeness (QED) is 0.378. The molecule has 0 heterocycles. The second kappa shape index (κ2) is 9.62. The van der Waals surface area contributed by atoms with Gasteiger partial charge in [0.05, 0.1) is 14.2 Å². The monoisotopic (exact) mass is 375 g/mol. The van der Waals surface area contributed by atoms with Crippen LogP contribution in [0.15, 0.2) is 55.1 Å². The van der Waals surface area contributed by atoms with Crippen LogP contribution in [0.4, 0.5) is 0 Å². The summed E-state index contributed by atoms with van der Waals surface area (Å²) in [6, 6.07) is 13.2. The van der Waals surface area contributed by atoms with E-state index in [0.717, 1.165) is 23.3 Å². The van der Waals surface area contributed by atoms with Crippen LogP contribution in [0, 0.1) is 0 Å². The molecule has 0 saturated heterocycles. The Bertz CT molecular complexity index is 717. The minimum atomic E-state index is -1.43. The summed E-state index contributed by atoms with van der Waals surface area (Å²) in [5, 5.41) is 12.2. The van der Waals surface area contributed by atoms with E-state index >= 15 is 0 Å². The lowest BCUT2D eigenvalue weighted by atomic mass is 9.99. The molecule has 1 atom stereocenters. The highest BCUT2D eigenvalue weighted by Gasteiger charge is 2.25. The van der Waals surface area contributed by atoms with E-state index in [1.54, 1.807) is 14.2 Å². The fourth-order valence-electron chi connectivity index (χ4n) is 2.91. The Morgan fingerprint density at radius 2 is 1.88 bits per heavy atom. The van der Waals surface area contributed by atoms with Gasteiger partial charge in [-0.15, -0.1) is 6.58 Å². The van der Waals surface area contributed by atoms with E-state index in [2.05, 4.69) is 11.9 Å². The molecular weight excluding hydrogens is 350 g/mol. The Morgan fingerprint density at radius 3 is 2.50 bits per heavy atom. The molecule has 0 fully saturated rings. The molecule has 0 aromatic heterocycles. The number of hydrogen-bond donors (Lipinski definition) is 2. The van der Waals surface area contributed by atoms with Gasteiger partial charge in [-0.3, -0.25) is 0 Å². The van der Waals surface area contributed by atoms with Crippen LogP contribution < -0.4 is 14.8 Å². The predicted molar refractivity (Wildman–Crippen MR) is 106 cm³/mol. The number of methoxy groups -OCH3 is 2. The number of rotatable bonds is 10. The fourth-order valence-corrected chi connectivity index (χ4v) is 3.13. The number of alkyl halides is 1. The van der Waals surface area contributed by atoms with Crippen LogP contribution in [0.1, 0.15) is 16.7 Å².